The standard InChI is InChI=1S/C17H18ClN3O3/c1-4-9-5-11(14-13(9)23-17(2,3)24-14)21-6-10(7-22)12-15(18)19-8-20-16(12)21/h4,6-9,11,13-14H,1,5H2,2-3H3/t9-,11+,13+,14-/m0/s1. The van der Waals surface area contributed by atoms with Crippen molar-refractivity contribution in [2.75, 3.05) is 0 Å². The molecule has 0 aromatic carbocycles. The van der Waals surface area contributed by atoms with E-state index in [1.165, 1.54) is 6.33 Å². The molecule has 0 amide bonds. The molecule has 4 rings (SSSR count). The van der Waals surface area contributed by atoms with E-state index in [0.717, 1.165) is 12.7 Å². The van der Waals surface area contributed by atoms with Gasteiger partial charge in [-0.3, -0.25) is 4.79 Å². The molecule has 1 aliphatic carbocycles. The molecule has 4 atom stereocenters. The van der Waals surface area contributed by atoms with Crippen LogP contribution >= 0.6 is 11.6 Å². The number of ether oxygens (including phenoxy) is 2. The van der Waals surface area contributed by atoms with Crippen LogP contribution in [0.5, 0.6) is 0 Å². The van der Waals surface area contributed by atoms with Crippen LogP contribution in [-0.4, -0.2) is 38.8 Å². The number of hydrogen-bond donors (Lipinski definition) is 0. The van der Waals surface area contributed by atoms with E-state index >= 15 is 0 Å². The largest absolute Gasteiger partial charge is 0.344 e. The van der Waals surface area contributed by atoms with Gasteiger partial charge in [0.1, 0.15) is 23.2 Å². The van der Waals surface area contributed by atoms with Crippen LogP contribution in [0.25, 0.3) is 11.0 Å². The maximum absolute atomic E-state index is 11.5. The second kappa shape index (κ2) is 5.37. The van der Waals surface area contributed by atoms with Gasteiger partial charge in [-0.1, -0.05) is 17.7 Å². The molecule has 0 bridgehead atoms. The predicted octanol–water partition coefficient (Wildman–Crippen LogP) is 3.16. The Hall–Kier alpha value is -1.76. The summed E-state index contributed by atoms with van der Waals surface area (Å²) in [4.78, 5) is 19.8. The van der Waals surface area contributed by atoms with Gasteiger partial charge in [-0.2, -0.15) is 0 Å². The van der Waals surface area contributed by atoms with E-state index in [0.29, 0.717) is 16.6 Å². The van der Waals surface area contributed by atoms with Crippen molar-refractivity contribution in [1.82, 2.24) is 14.5 Å². The molecular formula is C17H18ClN3O3. The number of carbonyl (C=O) groups excluding carboxylic acids is 1. The van der Waals surface area contributed by atoms with Gasteiger partial charge in [0.25, 0.3) is 0 Å². The lowest BCUT2D eigenvalue weighted by Gasteiger charge is -2.24. The highest BCUT2D eigenvalue weighted by Crippen LogP contribution is 2.48. The minimum absolute atomic E-state index is 0.0121. The highest BCUT2D eigenvalue weighted by Gasteiger charge is 2.54. The molecule has 24 heavy (non-hydrogen) atoms. The summed E-state index contributed by atoms with van der Waals surface area (Å²) in [6, 6.07) is -0.0121. The van der Waals surface area contributed by atoms with Gasteiger partial charge in [0.2, 0.25) is 0 Å². The van der Waals surface area contributed by atoms with Gasteiger partial charge in [0.05, 0.1) is 17.5 Å². The summed E-state index contributed by atoms with van der Waals surface area (Å²) in [5.74, 6) is -0.463. The Labute approximate surface area is 144 Å². The SMILES string of the molecule is C=C[C@H]1C[C@@H](n2cc(C=O)c3c(Cl)ncnc32)[C@@H]2OC(C)(C)O[C@@H]21. The summed E-state index contributed by atoms with van der Waals surface area (Å²) < 4.78 is 14.2. The van der Waals surface area contributed by atoms with Crippen LogP contribution in [0.1, 0.15) is 36.7 Å². The molecule has 2 fully saturated rings. The Bertz CT molecular complexity index is 832. The van der Waals surface area contributed by atoms with E-state index in [9.17, 15) is 4.79 Å². The third-order valence-corrected chi connectivity index (χ3v) is 5.14. The molecule has 0 unspecified atom stereocenters. The minimum atomic E-state index is -0.641. The fourth-order valence-corrected chi connectivity index (χ4v) is 4.15. The first-order chi connectivity index (χ1) is 11.4. The monoisotopic (exact) mass is 347 g/mol. The van der Waals surface area contributed by atoms with Crippen molar-refractivity contribution in [3.05, 3.63) is 35.9 Å². The van der Waals surface area contributed by atoms with E-state index in [-0.39, 0.29) is 29.3 Å². The zero-order valence-electron chi connectivity index (χ0n) is 13.5. The second-order valence-electron chi connectivity index (χ2n) is 6.74. The van der Waals surface area contributed by atoms with E-state index in [1.807, 2.05) is 24.5 Å². The Morgan fingerprint density at radius 1 is 1.38 bits per heavy atom. The predicted molar refractivity (Wildman–Crippen MR) is 89.1 cm³/mol. The highest BCUT2D eigenvalue weighted by atomic mass is 35.5. The average molecular weight is 348 g/mol. The van der Waals surface area contributed by atoms with Gasteiger partial charge in [0.15, 0.2) is 12.1 Å². The molecule has 0 N–H and O–H groups in total. The van der Waals surface area contributed by atoms with Crippen molar-refractivity contribution in [2.45, 2.75) is 44.3 Å². The van der Waals surface area contributed by atoms with Crippen LogP contribution in [0, 0.1) is 5.92 Å². The Balaban J connectivity index is 1.84. The molecule has 2 aliphatic rings. The molecule has 1 saturated carbocycles. The van der Waals surface area contributed by atoms with Crippen LogP contribution in [0.15, 0.2) is 25.2 Å². The summed E-state index contributed by atoms with van der Waals surface area (Å²) in [6.45, 7) is 7.75. The Morgan fingerprint density at radius 3 is 2.83 bits per heavy atom. The Kier molecular flexibility index (Phi) is 3.53. The number of aldehydes is 1. The lowest BCUT2D eigenvalue weighted by Crippen LogP contribution is -2.27. The lowest BCUT2D eigenvalue weighted by atomic mass is 10.1. The molecule has 0 radical (unpaired) electrons. The molecule has 2 aromatic rings. The summed E-state index contributed by atoms with van der Waals surface area (Å²) >= 11 is 6.18. The van der Waals surface area contributed by atoms with E-state index in [1.54, 1.807) is 6.20 Å². The third kappa shape index (κ3) is 2.21. The van der Waals surface area contributed by atoms with E-state index in [2.05, 4.69) is 16.5 Å². The number of halogens is 1. The zero-order chi connectivity index (χ0) is 17.1. The lowest BCUT2D eigenvalue weighted by molar-refractivity contribution is -0.158. The number of aromatic nitrogens is 3. The van der Waals surface area contributed by atoms with Crippen LogP contribution in [0.4, 0.5) is 0 Å². The average Bonchev–Trinajstić information content (AvgIpc) is 3.16. The summed E-state index contributed by atoms with van der Waals surface area (Å²) in [5.41, 5.74) is 1.12. The van der Waals surface area contributed by atoms with E-state index < -0.39 is 5.79 Å². The fraction of sp³-hybridized carbons (Fsp3) is 0.471. The summed E-state index contributed by atoms with van der Waals surface area (Å²) in [5, 5.41) is 0.852. The molecule has 1 aliphatic heterocycles. The smallest absolute Gasteiger partial charge is 0.163 e. The Morgan fingerprint density at radius 2 is 2.12 bits per heavy atom. The fourth-order valence-electron chi connectivity index (χ4n) is 3.91. The zero-order valence-corrected chi connectivity index (χ0v) is 14.2. The van der Waals surface area contributed by atoms with E-state index in [4.69, 9.17) is 21.1 Å². The molecule has 126 valence electrons. The number of nitrogens with zero attached hydrogens (tertiary/aromatic N) is 3. The van der Waals surface area contributed by atoms with Gasteiger partial charge >= 0.3 is 0 Å². The third-order valence-electron chi connectivity index (χ3n) is 4.86. The summed E-state index contributed by atoms with van der Waals surface area (Å²) in [7, 11) is 0. The van der Waals surface area contributed by atoms with Crippen molar-refractivity contribution in [3.8, 4) is 0 Å². The molecule has 7 heteroatoms. The number of rotatable bonds is 3. The highest BCUT2D eigenvalue weighted by molar-refractivity contribution is 6.35. The second-order valence-corrected chi connectivity index (χ2v) is 7.10. The van der Waals surface area contributed by atoms with Gasteiger partial charge in [-0.25, -0.2) is 9.97 Å². The van der Waals surface area contributed by atoms with Crippen LogP contribution in [0.3, 0.4) is 0 Å². The molecule has 6 nitrogen and oxygen atoms in total. The number of fused-ring (bicyclic) bond motifs is 2. The minimum Gasteiger partial charge on any atom is -0.344 e. The molecule has 0 spiro atoms. The molecular weight excluding hydrogens is 330 g/mol. The normalized spacial score (nSPS) is 31.3. The quantitative estimate of drug-likeness (QED) is 0.484. The molecule has 2 aromatic heterocycles. The molecule has 3 heterocycles. The van der Waals surface area contributed by atoms with Crippen molar-refractivity contribution >= 4 is 28.9 Å². The first-order valence-electron chi connectivity index (χ1n) is 7.89. The summed E-state index contributed by atoms with van der Waals surface area (Å²) in [6.07, 6.45) is 6.49. The molecule has 1 saturated heterocycles. The van der Waals surface area contributed by atoms with Gasteiger partial charge in [-0.05, 0) is 20.3 Å². The van der Waals surface area contributed by atoms with Crippen LogP contribution in [-0.2, 0) is 9.47 Å². The van der Waals surface area contributed by atoms with Crippen molar-refractivity contribution in [1.29, 1.82) is 0 Å². The number of carbonyl (C=O) groups is 1. The van der Waals surface area contributed by atoms with Crippen LogP contribution in [0.2, 0.25) is 5.15 Å². The maximum Gasteiger partial charge on any atom is 0.163 e. The van der Waals surface area contributed by atoms with Gasteiger partial charge in [0, 0.05) is 17.7 Å². The van der Waals surface area contributed by atoms with Crippen molar-refractivity contribution in [2.24, 2.45) is 5.92 Å². The first kappa shape index (κ1) is 15.7. The maximum atomic E-state index is 11.5. The van der Waals surface area contributed by atoms with Crippen molar-refractivity contribution in [3.63, 3.8) is 0 Å². The topological polar surface area (TPSA) is 66.2 Å². The van der Waals surface area contributed by atoms with Crippen molar-refractivity contribution < 1.29 is 14.3 Å². The van der Waals surface area contributed by atoms with Gasteiger partial charge < -0.3 is 14.0 Å². The van der Waals surface area contributed by atoms with Gasteiger partial charge in [-0.15, -0.1) is 6.58 Å². The van der Waals surface area contributed by atoms with Crippen LogP contribution < -0.4 is 0 Å². The first-order valence-corrected chi connectivity index (χ1v) is 8.27. The number of hydrogen-bond acceptors (Lipinski definition) is 5.